The molecule has 2 heterocycles. The third kappa shape index (κ3) is 4.81. The molecular formula is C24H28F3N7O2. The average Bonchev–Trinajstić information content (AvgIpc) is 3.55. The van der Waals surface area contributed by atoms with Crippen molar-refractivity contribution in [2.45, 2.75) is 76.1 Å². The lowest BCUT2D eigenvalue weighted by Crippen LogP contribution is -2.49. The number of anilines is 3. The van der Waals surface area contributed by atoms with Crippen molar-refractivity contribution >= 4 is 34.7 Å². The van der Waals surface area contributed by atoms with Gasteiger partial charge in [-0.3, -0.25) is 9.36 Å². The second-order valence-corrected chi connectivity index (χ2v) is 9.89. The summed E-state index contributed by atoms with van der Waals surface area (Å²) in [5.41, 5.74) is -1.20. The molecule has 0 aliphatic heterocycles. The minimum absolute atomic E-state index is 0.0634. The Morgan fingerprint density at radius 1 is 1.11 bits per heavy atom. The van der Waals surface area contributed by atoms with E-state index in [0.717, 1.165) is 12.8 Å². The number of hydrogen-bond acceptors (Lipinski definition) is 7. The Bertz CT molecular complexity index is 1280. The number of benzene rings is 1. The number of halogens is 3. The quantitative estimate of drug-likeness (QED) is 0.386. The predicted octanol–water partition coefficient (Wildman–Crippen LogP) is 3.93. The summed E-state index contributed by atoms with van der Waals surface area (Å²) in [5, 5.41) is 19.6. The van der Waals surface area contributed by atoms with Gasteiger partial charge in [-0.25, -0.2) is 23.1 Å². The number of rotatable bonds is 7. The molecule has 0 unspecified atom stereocenters. The van der Waals surface area contributed by atoms with Crippen molar-refractivity contribution in [3.8, 4) is 0 Å². The van der Waals surface area contributed by atoms with Crippen LogP contribution >= 0.6 is 0 Å². The first-order chi connectivity index (χ1) is 17.1. The third-order valence-corrected chi connectivity index (χ3v) is 6.58. The minimum atomic E-state index is -1.47. The lowest BCUT2D eigenvalue weighted by atomic mass is 9.81. The number of fused-ring (bicyclic) bond motifs is 1. The van der Waals surface area contributed by atoms with E-state index in [0.29, 0.717) is 42.1 Å². The van der Waals surface area contributed by atoms with Gasteiger partial charge >= 0.3 is 0 Å². The number of amides is 1. The summed E-state index contributed by atoms with van der Waals surface area (Å²) < 4.78 is 44.0. The Morgan fingerprint density at radius 2 is 1.78 bits per heavy atom. The van der Waals surface area contributed by atoms with Gasteiger partial charge in [-0.2, -0.15) is 4.98 Å². The summed E-state index contributed by atoms with van der Waals surface area (Å²) >= 11 is 0. The van der Waals surface area contributed by atoms with Gasteiger partial charge in [-0.05, 0) is 52.4 Å². The highest BCUT2D eigenvalue weighted by Crippen LogP contribution is 2.40. The molecule has 192 valence electrons. The van der Waals surface area contributed by atoms with Crippen LogP contribution in [-0.4, -0.2) is 48.2 Å². The maximum Gasteiger partial charge on any atom is 0.252 e. The van der Waals surface area contributed by atoms with Crippen molar-refractivity contribution in [1.82, 2.24) is 24.8 Å². The zero-order valence-electron chi connectivity index (χ0n) is 20.0. The molecule has 1 amide bonds. The van der Waals surface area contributed by atoms with Crippen LogP contribution in [0.2, 0.25) is 0 Å². The van der Waals surface area contributed by atoms with Crippen LogP contribution in [0.1, 0.15) is 58.4 Å². The fourth-order valence-electron chi connectivity index (χ4n) is 4.54. The number of nitrogens with one attached hydrogen (secondary N) is 3. The van der Waals surface area contributed by atoms with Crippen molar-refractivity contribution in [1.29, 1.82) is 0 Å². The van der Waals surface area contributed by atoms with Gasteiger partial charge in [0.15, 0.2) is 17.3 Å². The molecule has 0 spiro atoms. The maximum absolute atomic E-state index is 14.4. The molecule has 0 radical (unpaired) electrons. The molecule has 2 fully saturated rings. The van der Waals surface area contributed by atoms with Gasteiger partial charge in [-0.15, -0.1) is 0 Å². The molecule has 2 aliphatic rings. The lowest BCUT2D eigenvalue weighted by molar-refractivity contribution is -0.144. The van der Waals surface area contributed by atoms with E-state index in [1.165, 1.54) is 6.20 Å². The Labute approximate surface area is 205 Å². The van der Waals surface area contributed by atoms with Gasteiger partial charge in [0.2, 0.25) is 11.9 Å². The van der Waals surface area contributed by atoms with Crippen LogP contribution in [0.4, 0.5) is 30.8 Å². The molecule has 4 N–H and O–H groups in total. The standard InChI is InChI=1S/C24H28F3N7O2/c1-12(2)29-22-28-11-18-20(33-22)34(23(31-18)32-19-16(26)9-13(25)10-17(19)27)15-5-7-24(36,8-6-15)21(35)30-14-3-4-14/h9-12,14-15,36H,3-8H2,1-2H3,(H,30,35)(H,31,32)(H,28,29,33)/t15-,24-. The molecule has 2 aromatic heterocycles. The normalized spacial score (nSPS) is 22.1. The van der Waals surface area contributed by atoms with Crippen LogP contribution in [0.15, 0.2) is 18.3 Å². The van der Waals surface area contributed by atoms with E-state index >= 15 is 0 Å². The summed E-state index contributed by atoms with van der Waals surface area (Å²) in [6.45, 7) is 3.87. The SMILES string of the molecule is CC(C)Nc1ncc2nc(Nc3c(F)cc(F)cc3F)n([C@H]3CC[C@@](O)(C(=O)NC4CC4)CC3)c2n1. The predicted molar refractivity (Wildman–Crippen MR) is 127 cm³/mol. The molecule has 0 saturated heterocycles. The third-order valence-electron chi connectivity index (χ3n) is 6.58. The first-order valence-electron chi connectivity index (χ1n) is 12.1. The molecule has 2 aliphatic carbocycles. The van der Waals surface area contributed by atoms with Crippen molar-refractivity contribution < 1.29 is 23.1 Å². The number of hydrogen-bond donors (Lipinski definition) is 4. The minimum Gasteiger partial charge on any atom is -0.380 e. The smallest absolute Gasteiger partial charge is 0.252 e. The van der Waals surface area contributed by atoms with Gasteiger partial charge in [0.1, 0.15) is 22.6 Å². The van der Waals surface area contributed by atoms with E-state index in [1.54, 1.807) is 4.57 Å². The van der Waals surface area contributed by atoms with Crippen LogP contribution in [0.5, 0.6) is 0 Å². The Balaban J connectivity index is 1.50. The number of nitrogens with zero attached hydrogens (tertiary/aromatic N) is 4. The first kappa shape index (κ1) is 24.3. The fraction of sp³-hybridized carbons (Fsp3) is 0.500. The van der Waals surface area contributed by atoms with E-state index in [4.69, 9.17) is 0 Å². The number of imidazole rings is 1. The van der Waals surface area contributed by atoms with Crippen LogP contribution in [0, 0.1) is 17.5 Å². The number of aromatic nitrogens is 4. The Hall–Kier alpha value is -3.41. The monoisotopic (exact) mass is 503 g/mol. The summed E-state index contributed by atoms with van der Waals surface area (Å²) in [7, 11) is 0. The molecular weight excluding hydrogens is 475 g/mol. The van der Waals surface area contributed by atoms with E-state index < -0.39 is 28.7 Å². The van der Waals surface area contributed by atoms with E-state index in [9.17, 15) is 23.1 Å². The molecule has 0 atom stereocenters. The van der Waals surface area contributed by atoms with Crippen molar-refractivity contribution in [3.05, 3.63) is 35.8 Å². The lowest BCUT2D eigenvalue weighted by Gasteiger charge is -2.35. The van der Waals surface area contributed by atoms with Crippen LogP contribution < -0.4 is 16.0 Å². The zero-order valence-corrected chi connectivity index (χ0v) is 20.0. The van der Waals surface area contributed by atoms with Gasteiger partial charge in [0.05, 0.1) is 6.20 Å². The van der Waals surface area contributed by atoms with E-state index in [2.05, 4.69) is 30.9 Å². The number of carbonyl (C=O) groups excluding carboxylic acids is 1. The molecule has 3 aromatic rings. The second kappa shape index (κ2) is 9.23. The van der Waals surface area contributed by atoms with Crippen LogP contribution in [0.25, 0.3) is 11.2 Å². The van der Waals surface area contributed by atoms with Crippen LogP contribution in [-0.2, 0) is 4.79 Å². The van der Waals surface area contributed by atoms with Gasteiger partial charge in [0.25, 0.3) is 5.91 Å². The van der Waals surface area contributed by atoms with Crippen molar-refractivity contribution in [3.63, 3.8) is 0 Å². The molecule has 5 rings (SSSR count). The van der Waals surface area contributed by atoms with Gasteiger partial charge in [-0.1, -0.05) is 0 Å². The molecule has 12 heteroatoms. The van der Waals surface area contributed by atoms with Crippen molar-refractivity contribution in [2.75, 3.05) is 10.6 Å². The van der Waals surface area contributed by atoms with Gasteiger partial charge in [0, 0.05) is 30.3 Å². The topological polar surface area (TPSA) is 117 Å². The fourth-order valence-corrected chi connectivity index (χ4v) is 4.54. The van der Waals surface area contributed by atoms with Gasteiger partial charge < -0.3 is 21.1 Å². The highest BCUT2D eigenvalue weighted by atomic mass is 19.1. The second-order valence-electron chi connectivity index (χ2n) is 9.89. The van der Waals surface area contributed by atoms with Crippen LogP contribution in [0.3, 0.4) is 0 Å². The van der Waals surface area contributed by atoms with E-state index in [-0.39, 0.29) is 42.8 Å². The number of carbonyl (C=O) groups is 1. The summed E-state index contributed by atoms with van der Waals surface area (Å²) in [6.07, 6.45) is 4.56. The maximum atomic E-state index is 14.4. The summed E-state index contributed by atoms with van der Waals surface area (Å²) in [4.78, 5) is 25.9. The summed E-state index contributed by atoms with van der Waals surface area (Å²) in [6, 6.07) is 1.09. The molecule has 0 bridgehead atoms. The molecule has 9 nitrogen and oxygen atoms in total. The summed E-state index contributed by atoms with van der Waals surface area (Å²) in [5.74, 6) is -3.14. The Morgan fingerprint density at radius 3 is 2.39 bits per heavy atom. The molecule has 1 aromatic carbocycles. The highest BCUT2D eigenvalue weighted by Gasteiger charge is 2.42. The average molecular weight is 504 g/mol. The molecule has 2 saturated carbocycles. The number of aliphatic hydroxyl groups is 1. The van der Waals surface area contributed by atoms with E-state index in [1.807, 2.05) is 13.8 Å². The zero-order chi connectivity index (χ0) is 25.6. The first-order valence-corrected chi connectivity index (χ1v) is 12.1. The van der Waals surface area contributed by atoms with Crippen molar-refractivity contribution in [2.24, 2.45) is 0 Å². The Kier molecular flexibility index (Phi) is 6.23. The highest BCUT2D eigenvalue weighted by molar-refractivity contribution is 5.85. The molecule has 36 heavy (non-hydrogen) atoms. The largest absolute Gasteiger partial charge is 0.380 e.